The third kappa shape index (κ3) is 5.26. The minimum atomic E-state index is -1.16. The first-order valence-electron chi connectivity index (χ1n) is 12.0. The van der Waals surface area contributed by atoms with E-state index in [1.54, 1.807) is 39.0 Å². The fraction of sp³-hybridized carbons (Fsp3) is 0.444. The Labute approximate surface area is 205 Å². The maximum Gasteiger partial charge on any atom is 0.405 e. The van der Waals surface area contributed by atoms with Gasteiger partial charge in [0.1, 0.15) is 11.8 Å². The van der Waals surface area contributed by atoms with Crippen molar-refractivity contribution < 1.29 is 24.2 Å². The van der Waals surface area contributed by atoms with E-state index in [1.807, 2.05) is 18.2 Å². The summed E-state index contributed by atoms with van der Waals surface area (Å²) >= 11 is 0. The average molecular weight is 480 g/mol. The lowest BCUT2D eigenvalue weighted by molar-refractivity contribution is -0.153. The Morgan fingerprint density at radius 1 is 1.11 bits per heavy atom. The number of carbonyl (C=O) groups is 3. The summed E-state index contributed by atoms with van der Waals surface area (Å²) in [5, 5.41) is 13.2. The Morgan fingerprint density at radius 3 is 2.57 bits per heavy atom. The van der Waals surface area contributed by atoms with Crippen molar-refractivity contribution in [2.24, 2.45) is 11.1 Å². The van der Waals surface area contributed by atoms with Gasteiger partial charge in [0.25, 0.3) is 5.91 Å². The molecule has 0 fully saturated rings. The maximum absolute atomic E-state index is 13.7. The van der Waals surface area contributed by atoms with Crippen molar-refractivity contribution in [2.75, 3.05) is 0 Å². The molecule has 4 rings (SSSR count). The molecule has 0 radical (unpaired) electrons. The summed E-state index contributed by atoms with van der Waals surface area (Å²) in [5.74, 6) is -0.668. The van der Waals surface area contributed by atoms with Gasteiger partial charge < -0.3 is 25.8 Å². The van der Waals surface area contributed by atoms with Gasteiger partial charge >= 0.3 is 6.09 Å². The molecule has 1 aliphatic carbocycles. The highest BCUT2D eigenvalue weighted by molar-refractivity contribution is 5.91. The number of nitrogens with one attached hydrogen (secondary N) is 1. The van der Waals surface area contributed by atoms with Gasteiger partial charge in [-0.05, 0) is 53.6 Å². The van der Waals surface area contributed by atoms with Gasteiger partial charge in [0, 0.05) is 18.4 Å². The van der Waals surface area contributed by atoms with Crippen molar-refractivity contribution in [2.45, 2.75) is 71.2 Å². The average Bonchev–Trinajstić information content (AvgIpc) is 2.80. The van der Waals surface area contributed by atoms with Gasteiger partial charge in [-0.25, -0.2) is 4.79 Å². The molecular weight excluding hydrogens is 446 g/mol. The van der Waals surface area contributed by atoms with Crippen molar-refractivity contribution in [3.63, 3.8) is 0 Å². The molecule has 3 amide bonds. The molecule has 2 aromatic carbocycles. The van der Waals surface area contributed by atoms with E-state index in [2.05, 4.69) is 11.4 Å². The van der Waals surface area contributed by atoms with Crippen molar-refractivity contribution >= 4 is 17.9 Å². The Balaban J connectivity index is 1.66. The van der Waals surface area contributed by atoms with E-state index >= 15 is 0 Å². The van der Waals surface area contributed by atoms with Crippen LogP contribution in [0.5, 0.6) is 5.75 Å². The molecule has 8 nitrogen and oxygen atoms in total. The molecule has 0 saturated carbocycles. The number of aryl methyl sites for hydroxylation is 1. The monoisotopic (exact) mass is 479 g/mol. The zero-order chi connectivity index (χ0) is 25.3. The third-order valence-corrected chi connectivity index (χ3v) is 6.84. The molecule has 0 aromatic heterocycles. The number of ether oxygens (including phenoxy) is 1. The summed E-state index contributed by atoms with van der Waals surface area (Å²) in [6.07, 6.45) is 0.844. The number of nitrogens with zero attached hydrogens (tertiary/aromatic N) is 1. The predicted octanol–water partition coefficient (Wildman–Crippen LogP) is 3.35. The molecule has 1 aliphatic heterocycles. The molecule has 3 atom stereocenters. The number of phenols is 1. The number of nitrogens with two attached hydrogens (primary N) is 1. The Bertz CT molecular complexity index is 1140. The van der Waals surface area contributed by atoms with Crippen LogP contribution in [0, 0.1) is 5.41 Å². The number of rotatable bonds is 4. The van der Waals surface area contributed by atoms with E-state index < -0.39 is 29.6 Å². The predicted molar refractivity (Wildman–Crippen MR) is 130 cm³/mol. The SMILES string of the molecule is CC(C)(C)C(OC(N)=O)C(=O)N1Cc2cc(O)ccc2CC1C(=O)N[C@@H]1CCCc2ccccc21. The quantitative estimate of drug-likeness (QED) is 0.621. The first-order valence-corrected chi connectivity index (χ1v) is 12.0. The molecule has 35 heavy (non-hydrogen) atoms. The molecular formula is C27H33N3O5. The molecule has 0 bridgehead atoms. The van der Waals surface area contributed by atoms with E-state index in [9.17, 15) is 19.5 Å². The second-order valence-electron chi connectivity index (χ2n) is 10.5. The Kier molecular flexibility index (Phi) is 6.74. The summed E-state index contributed by atoms with van der Waals surface area (Å²) in [5.41, 5.74) is 8.50. The van der Waals surface area contributed by atoms with Gasteiger partial charge in [-0.1, -0.05) is 51.1 Å². The van der Waals surface area contributed by atoms with Crippen molar-refractivity contribution in [1.82, 2.24) is 10.2 Å². The number of fused-ring (bicyclic) bond motifs is 2. The van der Waals surface area contributed by atoms with Gasteiger partial charge in [-0.2, -0.15) is 0 Å². The summed E-state index contributed by atoms with van der Waals surface area (Å²) in [6.45, 7) is 5.43. The van der Waals surface area contributed by atoms with Crippen LogP contribution in [0.1, 0.15) is 61.9 Å². The number of phenolic OH excluding ortho intramolecular Hbond substituents is 1. The van der Waals surface area contributed by atoms with E-state index in [0.29, 0.717) is 0 Å². The van der Waals surface area contributed by atoms with Gasteiger partial charge in [-0.3, -0.25) is 9.59 Å². The van der Waals surface area contributed by atoms with Crippen LogP contribution in [0.4, 0.5) is 4.79 Å². The number of amides is 3. The molecule has 0 spiro atoms. The number of hydrogen-bond acceptors (Lipinski definition) is 5. The molecule has 2 unspecified atom stereocenters. The van der Waals surface area contributed by atoms with E-state index in [4.69, 9.17) is 10.5 Å². The lowest BCUT2D eigenvalue weighted by Crippen LogP contribution is -2.58. The lowest BCUT2D eigenvalue weighted by atomic mass is 9.85. The van der Waals surface area contributed by atoms with Gasteiger partial charge in [0.2, 0.25) is 5.91 Å². The highest BCUT2D eigenvalue weighted by Crippen LogP contribution is 2.33. The second-order valence-corrected chi connectivity index (χ2v) is 10.5. The molecule has 1 heterocycles. The van der Waals surface area contributed by atoms with E-state index in [-0.39, 0.29) is 30.7 Å². The van der Waals surface area contributed by atoms with Crippen molar-refractivity contribution in [1.29, 1.82) is 0 Å². The maximum atomic E-state index is 13.7. The first-order chi connectivity index (χ1) is 16.5. The van der Waals surface area contributed by atoms with E-state index in [1.165, 1.54) is 10.5 Å². The van der Waals surface area contributed by atoms with E-state index in [0.717, 1.165) is 36.0 Å². The molecule has 2 aromatic rings. The van der Waals surface area contributed by atoms with Gasteiger partial charge in [0.05, 0.1) is 6.04 Å². The molecule has 4 N–H and O–H groups in total. The number of primary amides is 1. The van der Waals surface area contributed by atoms with Crippen LogP contribution in [-0.4, -0.2) is 40.1 Å². The summed E-state index contributed by atoms with van der Waals surface area (Å²) in [7, 11) is 0. The first kappa shape index (κ1) is 24.6. The topological polar surface area (TPSA) is 122 Å². The molecule has 2 aliphatic rings. The Morgan fingerprint density at radius 2 is 1.86 bits per heavy atom. The molecule has 8 heteroatoms. The minimum Gasteiger partial charge on any atom is -0.508 e. The summed E-state index contributed by atoms with van der Waals surface area (Å²) in [4.78, 5) is 40.5. The van der Waals surface area contributed by atoms with Crippen molar-refractivity contribution in [3.05, 3.63) is 64.7 Å². The fourth-order valence-electron chi connectivity index (χ4n) is 5.07. The summed E-state index contributed by atoms with van der Waals surface area (Å²) < 4.78 is 5.23. The summed E-state index contributed by atoms with van der Waals surface area (Å²) in [6, 6.07) is 12.1. The highest BCUT2D eigenvalue weighted by Gasteiger charge is 2.43. The lowest BCUT2D eigenvalue weighted by Gasteiger charge is -2.40. The Hall–Kier alpha value is -3.55. The van der Waals surface area contributed by atoms with Crippen LogP contribution in [0.25, 0.3) is 0 Å². The van der Waals surface area contributed by atoms with Crippen molar-refractivity contribution in [3.8, 4) is 5.75 Å². The third-order valence-electron chi connectivity index (χ3n) is 6.84. The highest BCUT2D eigenvalue weighted by atomic mass is 16.6. The van der Waals surface area contributed by atoms with Crippen LogP contribution in [0.2, 0.25) is 0 Å². The standard InChI is InChI=1S/C27H33N3O5/c1-27(2,3)23(35-26(28)34)25(33)30-15-18-13-19(31)12-11-17(18)14-22(30)24(32)29-21-10-6-8-16-7-4-5-9-20(16)21/h4-5,7,9,11-13,21-23,31H,6,8,10,14-15H2,1-3H3,(H2,28,34)(H,29,32)/t21-,22?,23?/m1/s1. The molecule has 186 valence electrons. The smallest absolute Gasteiger partial charge is 0.405 e. The zero-order valence-electron chi connectivity index (χ0n) is 20.4. The van der Waals surface area contributed by atoms with Crippen LogP contribution in [0.3, 0.4) is 0 Å². The van der Waals surface area contributed by atoms with Crippen LogP contribution in [-0.2, 0) is 33.7 Å². The van der Waals surface area contributed by atoms with Crippen LogP contribution < -0.4 is 11.1 Å². The number of benzene rings is 2. The largest absolute Gasteiger partial charge is 0.508 e. The number of carbonyl (C=O) groups excluding carboxylic acids is 3. The minimum absolute atomic E-state index is 0.0821. The molecule has 0 saturated heterocycles. The van der Waals surface area contributed by atoms with Crippen LogP contribution >= 0.6 is 0 Å². The number of hydrogen-bond donors (Lipinski definition) is 3. The van der Waals surface area contributed by atoms with Crippen LogP contribution in [0.15, 0.2) is 42.5 Å². The second kappa shape index (κ2) is 9.60. The zero-order valence-corrected chi connectivity index (χ0v) is 20.4. The van der Waals surface area contributed by atoms with Gasteiger partial charge in [0.15, 0.2) is 6.10 Å². The van der Waals surface area contributed by atoms with Gasteiger partial charge in [-0.15, -0.1) is 0 Å². The normalized spacial score (nSPS) is 20.3. The number of aromatic hydroxyl groups is 1. The fourth-order valence-corrected chi connectivity index (χ4v) is 5.07.